The van der Waals surface area contributed by atoms with Crippen molar-refractivity contribution < 1.29 is 23.5 Å². The highest BCUT2D eigenvalue weighted by atomic mass is 35.5. The lowest BCUT2D eigenvalue weighted by Gasteiger charge is -2.15. The van der Waals surface area contributed by atoms with E-state index < -0.39 is 23.8 Å². The number of benzene rings is 2. The summed E-state index contributed by atoms with van der Waals surface area (Å²) in [5, 5.41) is 2.96. The number of carbonyl (C=O) groups excluding carboxylic acids is 2. The molecule has 0 radical (unpaired) electrons. The van der Waals surface area contributed by atoms with Crippen LogP contribution in [0.2, 0.25) is 5.02 Å². The molecule has 1 atom stereocenters. The van der Waals surface area contributed by atoms with Crippen molar-refractivity contribution >= 4 is 29.2 Å². The number of carbonyl (C=O) groups is 2. The van der Waals surface area contributed by atoms with Gasteiger partial charge in [-0.3, -0.25) is 4.79 Å². The molecule has 7 heteroatoms. The Morgan fingerprint density at radius 1 is 1.21 bits per heavy atom. The topological polar surface area (TPSA) is 64.6 Å². The van der Waals surface area contributed by atoms with Crippen LogP contribution in [-0.4, -0.2) is 25.1 Å². The number of hydrogen-bond donors (Lipinski definition) is 1. The van der Waals surface area contributed by atoms with Crippen LogP contribution >= 0.6 is 11.6 Å². The number of amides is 1. The number of ether oxygens (including phenoxy) is 2. The third-order valence-corrected chi connectivity index (χ3v) is 3.40. The number of methoxy groups -OCH3 is 1. The van der Waals surface area contributed by atoms with Gasteiger partial charge >= 0.3 is 5.97 Å². The number of halogens is 2. The molecule has 1 amide bonds. The number of rotatable bonds is 5. The zero-order chi connectivity index (χ0) is 17.7. The molecule has 2 aromatic carbocycles. The van der Waals surface area contributed by atoms with Gasteiger partial charge in [0.25, 0.3) is 5.91 Å². The molecule has 0 saturated carbocycles. The van der Waals surface area contributed by atoms with E-state index in [-0.39, 0.29) is 5.56 Å². The van der Waals surface area contributed by atoms with Crippen molar-refractivity contribution in [1.29, 1.82) is 0 Å². The van der Waals surface area contributed by atoms with Gasteiger partial charge in [0.1, 0.15) is 11.6 Å². The first-order chi connectivity index (χ1) is 11.4. The molecule has 0 unspecified atom stereocenters. The van der Waals surface area contributed by atoms with Gasteiger partial charge in [-0.15, -0.1) is 0 Å². The van der Waals surface area contributed by atoms with Gasteiger partial charge in [0.15, 0.2) is 6.10 Å². The molecule has 0 bridgehead atoms. The van der Waals surface area contributed by atoms with E-state index in [0.717, 1.165) is 6.07 Å². The number of anilines is 1. The molecule has 2 rings (SSSR count). The summed E-state index contributed by atoms with van der Waals surface area (Å²) < 4.78 is 23.7. The molecule has 126 valence electrons. The zero-order valence-electron chi connectivity index (χ0n) is 13.0. The lowest BCUT2D eigenvalue weighted by atomic mass is 10.2. The molecule has 0 spiro atoms. The quantitative estimate of drug-likeness (QED) is 0.835. The molecular weight excluding hydrogens is 337 g/mol. The Labute approximate surface area is 143 Å². The van der Waals surface area contributed by atoms with Crippen LogP contribution < -0.4 is 10.1 Å². The maximum Gasteiger partial charge on any atom is 0.341 e. The summed E-state index contributed by atoms with van der Waals surface area (Å²) in [5.41, 5.74) is 0.0984. The maximum absolute atomic E-state index is 13.5. The van der Waals surface area contributed by atoms with E-state index in [2.05, 4.69) is 5.32 Å². The summed E-state index contributed by atoms with van der Waals surface area (Å²) in [6.07, 6.45) is -1.14. The average Bonchev–Trinajstić information content (AvgIpc) is 2.55. The first-order valence-electron chi connectivity index (χ1n) is 7.02. The van der Waals surface area contributed by atoms with Crippen molar-refractivity contribution in [2.45, 2.75) is 13.0 Å². The molecule has 0 aliphatic carbocycles. The van der Waals surface area contributed by atoms with E-state index in [0.29, 0.717) is 16.5 Å². The minimum Gasteiger partial charge on any atom is -0.495 e. The fourth-order valence-corrected chi connectivity index (χ4v) is 2.09. The normalized spacial score (nSPS) is 11.5. The highest BCUT2D eigenvalue weighted by Crippen LogP contribution is 2.27. The first-order valence-corrected chi connectivity index (χ1v) is 7.40. The summed E-state index contributed by atoms with van der Waals surface area (Å²) in [4.78, 5) is 24.1. The zero-order valence-corrected chi connectivity index (χ0v) is 13.8. The number of hydrogen-bond acceptors (Lipinski definition) is 4. The Kier molecular flexibility index (Phi) is 5.76. The summed E-state index contributed by atoms with van der Waals surface area (Å²) >= 11 is 5.88. The molecular formula is C17H15ClFNO4. The fourth-order valence-electron chi connectivity index (χ4n) is 1.92. The summed E-state index contributed by atoms with van der Waals surface area (Å²) in [6, 6.07) is 10.1. The van der Waals surface area contributed by atoms with Crippen LogP contribution in [-0.2, 0) is 9.53 Å². The van der Waals surface area contributed by atoms with Crippen LogP contribution in [0.5, 0.6) is 5.75 Å². The lowest BCUT2D eigenvalue weighted by molar-refractivity contribution is -0.123. The highest BCUT2D eigenvalue weighted by Gasteiger charge is 2.21. The van der Waals surface area contributed by atoms with Crippen molar-refractivity contribution in [3.05, 3.63) is 58.9 Å². The standard InChI is InChI=1S/C17H15ClFNO4/c1-10(24-17(22)12-5-3-4-6-13(12)19)16(21)20-14-9-11(18)7-8-15(14)23-2/h3-10H,1-2H3,(H,20,21)/t10-/m0/s1. The molecule has 5 nitrogen and oxygen atoms in total. The Morgan fingerprint density at radius 2 is 1.92 bits per heavy atom. The Morgan fingerprint density at radius 3 is 2.58 bits per heavy atom. The van der Waals surface area contributed by atoms with Gasteiger partial charge in [0, 0.05) is 5.02 Å². The van der Waals surface area contributed by atoms with Gasteiger partial charge in [0.2, 0.25) is 0 Å². The van der Waals surface area contributed by atoms with E-state index in [1.807, 2.05) is 0 Å². The van der Waals surface area contributed by atoms with Crippen molar-refractivity contribution in [1.82, 2.24) is 0 Å². The van der Waals surface area contributed by atoms with Crippen LogP contribution in [0.25, 0.3) is 0 Å². The lowest BCUT2D eigenvalue weighted by Crippen LogP contribution is -2.30. The minimum atomic E-state index is -1.14. The third kappa shape index (κ3) is 4.23. The van der Waals surface area contributed by atoms with Crippen molar-refractivity contribution in [2.75, 3.05) is 12.4 Å². The summed E-state index contributed by atoms with van der Waals surface area (Å²) in [5.74, 6) is -1.83. The van der Waals surface area contributed by atoms with Crippen LogP contribution in [0.15, 0.2) is 42.5 Å². The molecule has 0 aliphatic heterocycles. The highest BCUT2D eigenvalue weighted by molar-refractivity contribution is 6.31. The Bertz CT molecular complexity index is 766. The smallest absolute Gasteiger partial charge is 0.341 e. The Hall–Kier alpha value is -2.60. The summed E-state index contributed by atoms with van der Waals surface area (Å²) in [7, 11) is 1.44. The summed E-state index contributed by atoms with van der Waals surface area (Å²) in [6.45, 7) is 1.38. The third-order valence-electron chi connectivity index (χ3n) is 3.17. The van der Waals surface area contributed by atoms with E-state index in [1.165, 1.54) is 38.3 Å². The molecule has 0 fully saturated rings. The SMILES string of the molecule is COc1ccc(Cl)cc1NC(=O)[C@H](C)OC(=O)c1ccccc1F. The largest absolute Gasteiger partial charge is 0.495 e. The Balaban J connectivity index is 2.06. The van der Waals surface area contributed by atoms with Gasteiger partial charge in [0.05, 0.1) is 18.4 Å². The molecule has 0 aliphatic rings. The van der Waals surface area contributed by atoms with Crippen LogP contribution in [0, 0.1) is 5.82 Å². The van der Waals surface area contributed by atoms with E-state index in [4.69, 9.17) is 21.1 Å². The average molecular weight is 352 g/mol. The second-order valence-electron chi connectivity index (χ2n) is 4.86. The number of esters is 1. The van der Waals surface area contributed by atoms with Gasteiger partial charge < -0.3 is 14.8 Å². The van der Waals surface area contributed by atoms with E-state index in [1.54, 1.807) is 12.1 Å². The van der Waals surface area contributed by atoms with Gasteiger partial charge in [-0.05, 0) is 37.3 Å². The van der Waals surface area contributed by atoms with Crippen molar-refractivity contribution in [3.8, 4) is 5.75 Å². The number of nitrogens with one attached hydrogen (secondary N) is 1. The second-order valence-corrected chi connectivity index (χ2v) is 5.30. The molecule has 0 saturated heterocycles. The molecule has 0 aromatic heterocycles. The van der Waals surface area contributed by atoms with Crippen LogP contribution in [0.4, 0.5) is 10.1 Å². The van der Waals surface area contributed by atoms with Crippen molar-refractivity contribution in [2.24, 2.45) is 0 Å². The predicted octanol–water partition coefficient (Wildman–Crippen LogP) is 3.67. The minimum absolute atomic E-state index is 0.238. The monoisotopic (exact) mass is 351 g/mol. The molecule has 24 heavy (non-hydrogen) atoms. The van der Waals surface area contributed by atoms with Gasteiger partial charge in [-0.25, -0.2) is 9.18 Å². The molecule has 1 N–H and O–H groups in total. The van der Waals surface area contributed by atoms with E-state index >= 15 is 0 Å². The maximum atomic E-state index is 13.5. The van der Waals surface area contributed by atoms with Gasteiger partial charge in [-0.1, -0.05) is 23.7 Å². The van der Waals surface area contributed by atoms with E-state index in [9.17, 15) is 14.0 Å². The van der Waals surface area contributed by atoms with Crippen molar-refractivity contribution in [3.63, 3.8) is 0 Å². The molecule has 2 aromatic rings. The van der Waals surface area contributed by atoms with Gasteiger partial charge in [-0.2, -0.15) is 0 Å². The second kappa shape index (κ2) is 7.79. The first kappa shape index (κ1) is 17.7. The molecule has 0 heterocycles. The van der Waals surface area contributed by atoms with Crippen LogP contribution in [0.3, 0.4) is 0 Å². The predicted molar refractivity (Wildman–Crippen MR) is 87.9 cm³/mol. The fraction of sp³-hybridized carbons (Fsp3) is 0.176. The van der Waals surface area contributed by atoms with Crippen LogP contribution in [0.1, 0.15) is 17.3 Å².